The summed E-state index contributed by atoms with van der Waals surface area (Å²) in [5, 5.41) is 20.4. The Morgan fingerprint density at radius 2 is 0.861 bits per heavy atom. The van der Waals surface area contributed by atoms with E-state index >= 15 is 0 Å². The zero-order chi connectivity index (χ0) is 61.1. The Morgan fingerprint density at radius 1 is 0.557 bits per heavy atom. The van der Waals surface area contributed by atoms with E-state index in [1.54, 1.807) is 26.4 Å². The minimum atomic E-state index is -2.35. The number of halogens is 11. The molecule has 26 heteroatoms. The number of carboxylic acid groups (broad SMARTS) is 1. The number of esters is 1. The fourth-order valence-electron chi connectivity index (χ4n) is 5.66. The van der Waals surface area contributed by atoms with Crippen LogP contribution in [0.25, 0.3) is 0 Å². The SMILES string of the molecule is CC(C)(C)NCl.COCc1c(OC)cccc1C(=O)CNC(C)(C)C.COCc1c(OC)cccc1C(=O)O.COCc1c(OC)cccc1C(=O)Oc1c(F)c(F)c(F)c(F)c1F.N.Oc1c(F)c(F)c(F)c(F)c1F.[2H]C#C. The van der Waals surface area contributed by atoms with Crippen molar-refractivity contribution in [3.05, 3.63) is 146 Å². The van der Waals surface area contributed by atoms with E-state index in [4.69, 9.17) is 51.8 Å². The van der Waals surface area contributed by atoms with Gasteiger partial charge in [-0.1, -0.05) is 24.3 Å². The van der Waals surface area contributed by atoms with E-state index in [0.29, 0.717) is 35.8 Å². The molecule has 0 spiro atoms. The van der Waals surface area contributed by atoms with E-state index < -0.39 is 81.6 Å². The molecule has 0 saturated carbocycles. The van der Waals surface area contributed by atoms with Crippen molar-refractivity contribution in [3.63, 3.8) is 0 Å². The van der Waals surface area contributed by atoms with Crippen LogP contribution in [0.3, 0.4) is 0 Å². The van der Waals surface area contributed by atoms with E-state index in [1.165, 1.54) is 59.1 Å². The Bertz CT molecular complexity index is 2740. The van der Waals surface area contributed by atoms with Crippen molar-refractivity contribution < 1.29 is 103 Å². The van der Waals surface area contributed by atoms with Gasteiger partial charge in [0, 0.05) is 54.7 Å². The molecule has 0 heterocycles. The fraction of sp³-hybridized carbons (Fsp3) is 0.340. The highest BCUT2D eigenvalue weighted by molar-refractivity contribution is 6.13. The van der Waals surface area contributed by atoms with E-state index in [0.717, 1.165) is 5.56 Å². The first-order chi connectivity index (χ1) is 36.9. The number of Topliss-reactive ketones (excluding diaryl/α,β-unsaturated/α-hetero) is 1. The molecule has 7 N–H and O–H groups in total. The fourth-order valence-corrected chi connectivity index (χ4v) is 5.66. The monoisotopic (exact) mass is 1160 g/mol. The molecule has 5 rings (SSSR count). The number of carboxylic acids is 1. The summed E-state index contributed by atoms with van der Waals surface area (Å²) in [6, 6.07) is 14.4. The number of carbonyl (C=O) groups is 3. The van der Waals surface area contributed by atoms with Gasteiger partial charge in [-0.3, -0.25) is 4.79 Å². The largest absolute Gasteiger partial charge is 0.503 e. The molecule has 0 aromatic heterocycles. The van der Waals surface area contributed by atoms with Gasteiger partial charge in [0.2, 0.25) is 63.9 Å². The first-order valence-electron chi connectivity index (χ1n) is 22.5. The summed E-state index contributed by atoms with van der Waals surface area (Å²) in [6.07, 6.45) is 5.76. The number of phenolic OH excluding ortho intramolecular Hbond substituents is 1. The lowest BCUT2D eigenvalue weighted by Gasteiger charge is -2.20. The standard InChI is InChI=1S/C16H11F5O4.C15H23NO3.C10H12O4.C6HF5O.C4H10ClN.C2H2.H3N/c1-23-6-8-7(4-3-5-9(8)24-2)16(22)25-15-13(20)11(18)10(17)12(19)14(15)21;1-15(2,3)16-9-13(17)11-7-6-8-14(19-5)12(11)10-18-4;1-13-6-8-7(10(11)12)4-3-5-9(8)14-2;7-1-2(8)4(10)6(12)5(11)3(1)9;1-4(2,3)6-5;1-2;/h3-5H,6H2,1-2H3;6-8,16H,9-10H2,1-5H3;3-5H,6H2,1-2H3,(H,11,12);12H;6H,1-3H3;1-2H;1H3/i;;;;;1D;. The lowest BCUT2D eigenvalue weighted by atomic mass is 10.0. The Balaban J connectivity index is 0. The van der Waals surface area contributed by atoms with Crippen LogP contribution in [0.2, 0.25) is 0 Å². The van der Waals surface area contributed by atoms with Gasteiger partial charge in [0.25, 0.3) is 0 Å². The number of methoxy groups -OCH3 is 6. The first kappa shape index (κ1) is 71.8. The number of aromatic carboxylic acids is 1. The second kappa shape index (κ2) is 35.4. The van der Waals surface area contributed by atoms with Crippen LogP contribution < -0.4 is 35.3 Å². The van der Waals surface area contributed by atoms with Crippen LogP contribution in [0.5, 0.6) is 28.7 Å². The maximum atomic E-state index is 13.6. The Labute approximate surface area is 457 Å². The Hall–Kier alpha value is -7.18. The van der Waals surface area contributed by atoms with Crippen LogP contribution in [0, 0.1) is 71.0 Å². The van der Waals surface area contributed by atoms with Gasteiger partial charge in [0.05, 0.1) is 58.8 Å². The molecule has 0 atom stereocenters. The number of benzene rings is 5. The summed E-state index contributed by atoms with van der Waals surface area (Å²) in [5.41, 5.74) is 2.16. The molecule has 0 amide bonds. The maximum Gasteiger partial charge on any atom is 0.344 e. The van der Waals surface area contributed by atoms with Gasteiger partial charge in [-0.25, -0.2) is 40.8 Å². The van der Waals surface area contributed by atoms with Gasteiger partial charge < -0.3 is 54.8 Å². The molecule has 0 aliphatic heterocycles. The maximum absolute atomic E-state index is 13.6. The number of phenols is 1. The number of carbonyl (C=O) groups excluding carboxylic acids is 2. The van der Waals surface area contributed by atoms with E-state index in [-0.39, 0.29) is 58.7 Å². The van der Waals surface area contributed by atoms with Crippen molar-refractivity contribution in [1.29, 1.82) is 0 Å². The second-order valence-corrected chi connectivity index (χ2v) is 17.3. The van der Waals surface area contributed by atoms with Crippen LogP contribution >= 0.6 is 11.8 Å². The van der Waals surface area contributed by atoms with Gasteiger partial charge >= 0.3 is 11.9 Å². The van der Waals surface area contributed by atoms with E-state index in [1.807, 2.05) is 59.7 Å². The van der Waals surface area contributed by atoms with Crippen molar-refractivity contribution in [2.45, 2.75) is 72.4 Å². The Kier molecular flexibility index (Phi) is 32.1. The number of aromatic hydroxyl groups is 1. The highest BCUT2D eigenvalue weighted by Gasteiger charge is 2.30. The number of nitrogens with one attached hydrogen (secondary N) is 2. The van der Waals surface area contributed by atoms with E-state index in [2.05, 4.69) is 21.3 Å². The molecule has 0 fully saturated rings. The van der Waals surface area contributed by atoms with Gasteiger partial charge in [0.1, 0.15) is 18.6 Å². The topological polar surface area (TPSA) is 215 Å². The number of hydrogen-bond acceptors (Lipinski definition) is 14. The molecular formula is C53H62ClF10N3O12. The molecule has 0 radical (unpaired) electrons. The van der Waals surface area contributed by atoms with Crippen LogP contribution in [0.15, 0.2) is 54.6 Å². The quantitative estimate of drug-likeness (QED) is 0.00963. The Morgan fingerprint density at radius 3 is 1.18 bits per heavy atom. The minimum absolute atomic E-state index is 0. The minimum Gasteiger partial charge on any atom is -0.503 e. The van der Waals surface area contributed by atoms with Crippen LogP contribution in [0.4, 0.5) is 43.9 Å². The summed E-state index contributed by atoms with van der Waals surface area (Å²) < 4.78 is 168. The molecule has 5 aromatic rings. The summed E-state index contributed by atoms with van der Waals surface area (Å²) in [6.45, 7) is 12.9. The van der Waals surface area contributed by atoms with Gasteiger partial charge in [-0.15, -0.1) is 12.8 Å². The lowest BCUT2D eigenvalue weighted by molar-refractivity contribution is 0.0687. The third kappa shape index (κ3) is 22.2. The summed E-state index contributed by atoms with van der Waals surface area (Å²) in [4.78, 5) is 37.9. The molecule has 438 valence electrons. The first-order valence-corrected chi connectivity index (χ1v) is 22.4. The van der Waals surface area contributed by atoms with Crippen molar-refractivity contribution in [3.8, 4) is 41.6 Å². The smallest absolute Gasteiger partial charge is 0.344 e. The van der Waals surface area contributed by atoms with Crippen molar-refractivity contribution >= 4 is 29.5 Å². The highest BCUT2D eigenvalue weighted by atomic mass is 35.5. The van der Waals surface area contributed by atoms with Crippen LogP contribution in [-0.4, -0.2) is 88.2 Å². The van der Waals surface area contributed by atoms with Gasteiger partial charge in [-0.2, -0.15) is 17.6 Å². The second-order valence-electron chi connectivity index (χ2n) is 17.1. The van der Waals surface area contributed by atoms with Gasteiger partial charge in [0.15, 0.2) is 11.5 Å². The van der Waals surface area contributed by atoms with Gasteiger partial charge in [-0.05, 0) is 83.7 Å². The average molecular weight is 1160 g/mol. The predicted octanol–water partition coefficient (Wildman–Crippen LogP) is 11.7. The molecule has 79 heavy (non-hydrogen) atoms. The van der Waals surface area contributed by atoms with Crippen molar-refractivity contribution in [2.75, 3.05) is 49.2 Å². The van der Waals surface area contributed by atoms with Crippen molar-refractivity contribution in [1.82, 2.24) is 16.3 Å². The molecule has 15 nitrogen and oxygen atoms in total. The highest BCUT2D eigenvalue weighted by Crippen LogP contribution is 2.32. The summed E-state index contributed by atoms with van der Waals surface area (Å²) in [5.74, 6) is -26.8. The van der Waals surface area contributed by atoms with Crippen LogP contribution in [0.1, 0.15) is 90.7 Å². The van der Waals surface area contributed by atoms with Crippen molar-refractivity contribution in [2.24, 2.45) is 0 Å². The zero-order valence-corrected chi connectivity index (χ0v) is 45.7. The third-order valence-electron chi connectivity index (χ3n) is 9.29. The molecule has 0 unspecified atom stereocenters. The number of hydrogen-bond donors (Lipinski definition) is 5. The molecule has 5 aromatic carbocycles. The molecule has 0 aliphatic rings. The molecule has 0 aliphatic carbocycles. The number of terminal acetylenes is 1. The average Bonchev–Trinajstić information content (AvgIpc) is 3.41. The van der Waals surface area contributed by atoms with Crippen LogP contribution in [-0.2, 0) is 34.0 Å². The van der Waals surface area contributed by atoms with E-state index in [9.17, 15) is 58.3 Å². The number of ketones is 1. The zero-order valence-electron chi connectivity index (χ0n) is 45.9. The summed E-state index contributed by atoms with van der Waals surface area (Å²) in [7, 11) is 8.85. The third-order valence-corrected chi connectivity index (χ3v) is 9.86. The number of ether oxygens (including phenoxy) is 7. The lowest BCUT2D eigenvalue weighted by Crippen LogP contribution is -2.39. The molecule has 0 saturated heterocycles. The predicted molar refractivity (Wildman–Crippen MR) is 273 cm³/mol. The molecule has 0 bridgehead atoms. The number of rotatable bonds is 15. The molecular weight excluding hydrogens is 1100 g/mol. The summed E-state index contributed by atoms with van der Waals surface area (Å²) >= 11 is 5.23. The normalized spacial score (nSPS) is 10.5.